The second kappa shape index (κ2) is 13.6. The Balaban J connectivity index is 1.06. The van der Waals surface area contributed by atoms with Crippen molar-refractivity contribution in [3.05, 3.63) is 198 Å². The lowest BCUT2D eigenvalue weighted by Crippen LogP contribution is -2.10. The van der Waals surface area contributed by atoms with Crippen molar-refractivity contribution in [1.82, 2.24) is 4.40 Å². The van der Waals surface area contributed by atoms with Gasteiger partial charge in [-0.1, -0.05) is 54.6 Å². The number of hydrogen-bond donors (Lipinski definition) is 0. The second-order valence-corrected chi connectivity index (χ2v) is 17.9. The maximum Gasteiger partial charge on any atom is 0.123 e. The molecule has 0 spiro atoms. The molecule has 62 heavy (non-hydrogen) atoms. The van der Waals surface area contributed by atoms with Gasteiger partial charge in [-0.2, -0.15) is 0 Å². The van der Waals surface area contributed by atoms with Crippen molar-refractivity contribution in [3.63, 3.8) is 0 Å². The normalized spacial score (nSPS) is 12.0. The minimum atomic E-state index is -0.258. The Hall–Kier alpha value is -7.28. The molecule has 0 aliphatic heterocycles. The molecule has 0 aliphatic rings. The van der Waals surface area contributed by atoms with Gasteiger partial charge in [0.15, 0.2) is 0 Å². The molecule has 3 heterocycles. The maximum absolute atomic E-state index is 14.3. The van der Waals surface area contributed by atoms with E-state index in [1.807, 2.05) is 35.6 Å². The van der Waals surface area contributed by atoms with Crippen LogP contribution >= 0.6 is 11.3 Å². The van der Waals surface area contributed by atoms with Crippen LogP contribution in [0.4, 0.5) is 42.9 Å². The maximum atomic E-state index is 14.3. The van der Waals surface area contributed by atoms with Crippen LogP contribution in [-0.2, 0) is 0 Å². The molecule has 12 rings (SSSR count). The molecule has 6 heteroatoms. The standard InChI is InChI=1S/C56H39F2N3S/c1-32-24-33(2)27-42(26-32)59(38-12-8-36(57)9-13-38)40-16-18-44-47-6-5-7-49-54-45-21-23-52-55(46(45)20-22-50(54)61(56(47)49)51(44)30-40)48-19-17-41(31-53(48)62-52)60(39-14-10-37(58)11-15-39)43-28-34(3)25-35(4)29-43/h5-31H,1-4H3. The Kier molecular flexibility index (Phi) is 8.03. The Morgan fingerprint density at radius 3 is 1.48 bits per heavy atom. The van der Waals surface area contributed by atoms with Crippen molar-refractivity contribution in [1.29, 1.82) is 0 Å². The molecule has 0 saturated carbocycles. The number of hydrogen-bond acceptors (Lipinski definition) is 3. The van der Waals surface area contributed by atoms with E-state index < -0.39 is 0 Å². The Labute approximate surface area is 361 Å². The van der Waals surface area contributed by atoms with Gasteiger partial charge in [-0.3, -0.25) is 0 Å². The smallest absolute Gasteiger partial charge is 0.123 e. The van der Waals surface area contributed by atoms with Gasteiger partial charge in [0, 0.05) is 75.8 Å². The van der Waals surface area contributed by atoms with Gasteiger partial charge >= 0.3 is 0 Å². The van der Waals surface area contributed by atoms with Crippen LogP contribution in [0.3, 0.4) is 0 Å². The summed E-state index contributed by atoms with van der Waals surface area (Å²) < 4.78 is 33.3. The highest BCUT2D eigenvalue weighted by Gasteiger charge is 2.23. The molecule has 0 bridgehead atoms. The summed E-state index contributed by atoms with van der Waals surface area (Å²) in [5.74, 6) is -0.512. The average Bonchev–Trinajstić information content (AvgIpc) is 3.91. The number of rotatable bonds is 6. The molecule has 0 N–H and O–H groups in total. The van der Waals surface area contributed by atoms with E-state index in [1.54, 1.807) is 0 Å². The fraction of sp³-hybridized carbons (Fsp3) is 0.0714. The molecule has 0 unspecified atom stereocenters. The molecule has 298 valence electrons. The monoisotopic (exact) mass is 823 g/mol. The predicted molar refractivity (Wildman–Crippen MR) is 260 cm³/mol. The topological polar surface area (TPSA) is 10.9 Å². The number of benzene rings is 9. The van der Waals surface area contributed by atoms with Crippen molar-refractivity contribution in [3.8, 4) is 0 Å². The van der Waals surface area contributed by atoms with E-state index in [0.717, 1.165) is 39.6 Å². The van der Waals surface area contributed by atoms with Crippen molar-refractivity contribution in [2.75, 3.05) is 9.80 Å². The SMILES string of the molecule is Cc1cc(C)cc(N(c2ccc(F)cc2)c2ccc3c(c2)sc2ccc4c(ccc5c4c4cccc6c7ccc(N(c8ccc(F)cc8)c8cc(C)cc(C)c8)cc7n5c64)c23)c1. The molecule has 0 fully saturated rings. The fourth-order valence-electron chi connectivity index (χ4n) is 10.1. The van der Waals surface area contributed by atoms with Crippen LogP contribution < -0.4 is 9.80 Å². The lowest BCUT2D eigenvalue weighted by molar-refractivity contribution is 0.627. The highest BCUT2D eigenvalue weighted by Crippen LogP contribution is 2.48. The van der Waals surface area contributed by atoms with Gasteiger partial charge in [-0.15, -0.1) is 11.3 Å². The first-order valence-electron chi connectivity index (χ1n) is 20.9. The zero-order valence-corrected chi connectivity index (χ0v) is 35.4. The summed E-state index contributed by atoms with van der Waals surface area (Å²) in [6.45, 7) is 8.47. The third kappa shape index (κ3) is 5.60. The quantitative estimate of drug-likeness (QED) is 0.165. The number of anilines is 6. The van der Waals surface area contributed by atoms with E-state index in [9.17, 15) is 8.78 Å². The zero-order valence-electron chi connectivity index (χ0n) is 34.6. The van der Waals surface area contributed by atoms with Crippen molar-refractivity contribution in [2.24, 2.45) is 0 Å². The van der Waals surface area contributed by atoms with Crippen LogP contribution in [0, 0.1) is 39.3 Å². The summed E-state index contributed by atoms with van der Waals surface area (Å²) in [5, 5.41) is 9.83. The largest absolute Gasteiger partial charge is 0.310 e. The van der Waals surface area contributed by atoms with Gasteiger partial charge < -0.3 is 14.2 Å². The molecule has 3 nitrogen and oxygen atoms in total. The lowest BCUT2D eigenvalue weighted by Gasteiger charge is -2.26. The number of aromatic nitrogens is 1. The second-order valence-electron chi connectivity index (χ2n) is 16.8. The first kappa shape index (κ1) is 36.6. The first-order chi connectivity index (χ1) is 30.2. The highest BCUT2D eigenvalue weighted by molar-refractivity contribution is 7.26. The molecule has 9 aromatic carbocycles. The van der Waals surface area contributed by atoms with Gasteiger partial charge in [-0.25, -0.2) is 8.78 Å². The molecule has 0 radical (unpaired) electrons. The van der Waals surface area contributed by atoms with E-state index in [0.29, 0.717) is 0 Å². The number of fused-ring (bicyclic) bond motifs is 12. The van der Waals surface area contributed by atoms with E-state index in [4.69, 9.17) is 0 Å². The van der Waals surface area contributed by atoms with Crippen molar-refractivity contribution in [2.45, 2.75) is 27.7 Å². The summed E-state index contributed by atoms with van der Waals surface area (Å²) in [6, 6.07) is 56.0. The molecule has 0 atom stereocenters. The van der Waals surface area contributed by atoms with Gasteiger partial charge in [-0.05, 0) is 170 Å². The summed E-state index contributed by atoms with van der Waals surface area (Å²) in [4.78, 5) is 4.45. The molecule has 0 aliphatic carbocycles. The van der Waals surface area contributed by atoms with Gasteiger partial charge in [0.05, 0.1) is 16.6 Å². The van der Waals surface area contributed by atoms with E-state index in [1.165, 1.54) is 110 Å². The Bertz CT molecular complexity index is 3730. The van der Waals surface area contributed by atoms with Crippen LogP contribution in [0.25, 0.3) is 69.0 Å². The number of halogens is 2. The number of aryl methyl sites for hydroxylation is 4. The van der Waals surface area contributed by atoms with Crippen LogP contribution in [0.2, 0.25) is 0 Å². The summed E-state index contributed by atoms with van der Waals surface area (Å²) in [5.41, 5.74) is 14.1. The van der Waals surface area contributed by atoms with Crippen LogP contribution in [-0.4, -0.2) is 4.40 Å². The summed E-state index contributed by atoms with van der Waals surface area (Å²) in [6.07, 6.45) is 0. The third-order valence-electron chi connectivity index (χ3n) is 12.5. The highest BCUT2D eigenvalue weighted by atomic mass is 32.1. The Morgan fingerprint density at radius 2 is 0.871 bits per heavy atom. The fourth-order valence-corrected chi connectivity index (χ4v) is 11.3. The Morgan fingerprint density at radius 1 is 0.371 bits per heavy atom. The van der Waals surface area contributed by atoms with Gasteiger partial charge in [0.1, 0.15) is 11.6 Å². The first-order valence-corrected chi connectivity index (χ1v) is 21.8. The minimum absolute atomic E-state index is 0.254. The molecule has 0 saturated heterocycles. The minimum Gasteiger partial charge on any atom is -0.310 e. The van der Waals surface area contributed by atoms with E-state index in [-0.39, 0.29) is 11.6 Å². The number of thiophene rings is 1. The number of nitrogens with zero attached hydrogens (tertiary/aromatic N) is 3. The molecule has 0 amide bonds. The molecular formula is C56H39F2N3S. The van der Waals surface area contributed by atoms with E-state index >= 15 is 0 Å². The summed E-state index contributed by atoms with van der Waals surface area (Å²) in [7, 11) is 0. The summed E-state index contributed by atoms with van der Waals surface area (Å²) >= 11 is 1.81. The molecule has 12 aromatic rings. The predicted octanol–water partition coefficient (Wildman–Crippen LogP) is 16.8. The van der Waals surface area contributed by atoms with Crippen molar-refractivity contribution < 1.29 is 8.78 Å². The average molecular weight is 824 g/mol. The van der Waals surface area contributed by atoms with Gasteiger partial charge in [0.25, 0.3) is 0 Å². The zero-order chi connectivity index (χ0) is 42.0. The van der Waals surface area contributed by atoms with Gasteiger partial charge in [0.2, 0.25) is 0 Å². The van der Waals surface area contributed by atoms with Crippen molar-refractivity contribution >= 4 is 115 Å². The number of para-hydroxylation sites is 1. The third-order valence-corrected chi connectivity index (χ3v) is 13.6. The molecule has 3 aromatic heterocycles. The van der Waals surface area contributed by atoms with Crippen LogP contribution in [0.15, 0.2) is 164 Å². The lowest BCUT2D eigenvalue weighted by atomic mass is 9.98. The van der Waals surface area contributed by atoms with Crippen LogP contribution in [0.1, 0.15) is 22.3 Å². The molecular weight excluding hydrogens is 785 g/mol. The van der Waals surface area contributed by atoms with Crippen LogP contribution in [0.5, 0.6) is 0 Å². The van der Waals surface area contributed by atoms with E-state index in [2.05, 4.69) is 157 Å².